The molecule has 1 N–H and O–H groups in total. The second-order valence-electron chi connectivity index (χ2n) is 6.50. The first-order valence-electron chi connectivity index (χ1n) is 8.59. The molecule has 1 aromatic heterocycles. The predicted octanol–water partition coefficient (Wildman–Crippen LogP) is 2.65. The van der Waals surface area contributed by atoms with E-state index in [2.05, 4.69) is 51.3 Å². The van der Waals surface area contributed by atoms with Crippen molar-refractivity contribution in [2.75, 3.05) is 7.05 Å². The van der Waals surface area contributed by atoms with Gasteiger partial charge in [-0.25, -0.2) is 4.79 Å². The summed E-state index contributed by atoms with van der Waals surface area (Å²) in [6.45, 7) is 4.02. The first-order chi connectivity index (χ1) is 11.6. The van der Waals surface area contributed by atoms with Gasteiger partial charge in [0.05, 0.1) is 6.54 Å². The van der Waals surface area contributed by atoms with E-state index in [1.165, 1.54) is 18.4 Å². The fourth-order valence-electron chi connectivity index (χ4n) is 3.00. The number of nitrogens with zero attached hydrogens (tertiary/aromatic N) is 4. The summed E-state index contributed by atoms with van der Waals surface area (Å²) in [5.74, 6) is 1.90. The molecule has 0 radical (unpaired) electrons. The molecular formula is C18H25N5O. The Morgan fingerprint density at radius 3 is 2.79 bits per heavy atom. The second kappa shape index (κ2) is 7.47. The van der Waals surface area contributed by atoms with Gasteiger partial charge in [0, 0.05) is 26.6 Å². The molecule has 2 heterocycles. The fourth-order valence-corrected chi connectivity index (χ4v) is 3.00. The van der Waals surface area contributed by atoms with Crippen LogP contribution in [0, 0.1) is 6.92 Å². The van der Waals surface area contributed by atoms with Crippen molar-refractivity contribution in [2.45, 2.75) is 52.2 Å². The average Bonchev–Trinajstić information content (AvgIpc) is 2.81. The van der Waals surface area contributed by atoms with Gasteiger partial charge in [0.15, 0.2) is 5.82 Å². The molecule has 24 heavy (non-hydrogen) atoms. The van der Waals surface area contributed by atoms with Crippen molar-refractivity contribution in [1.29, 1.82) is 0 Å². The lowest BCUT2D eigenvalue weighted by Gasteiger charge is -2.18. The number of carbonyl (C=O) groups is 1. The molecule has 0 atom stereocenters. The number of fused-ring (bicyclic) bond motifs is 1. The smallest absolute Gasteiger partial charge is 0.317 e. The zero-order valence-electron chi connectivity index (χ0n) is 14.5. The van der Waals surface area contributed by atoms with Crippen LogP contribution in [0.2, 0.25) is 0 Å². The highest BCUT2D eigenvalue weighted by atomic mass is 16.2. The second-order valence-corrected chi connectivity index (χ2v) is 6.50. The number of rotatable bonds is 4. The van der Waals surface area contributed by atoms with E-state index in [0.717, 1.165) is 36.6 Å². The van der Waals surface area contributed by atoms with Crippen LogP contribution in [0.15, 0.2) is 24.3 Å². The van der Waals surface area contributed by atoms with Crippen LogP contribution in [-0.2, 0) is 26.1 Å². The number of hydrogen-bond acceptors (Lipinski definition) is 3. The quantitative estimate of drug-likeness (QED) is 0.939. The Hall–Kier alpha value is -2.37. The molecule has 0 saturated carbocycles. The van der Waals surface area contributed by atoms with Crippen LogP contribution in [0.25, 0.3) is 0 Å². The van der Waals surface area contributed by atoms with Gasteiger partial charge in [-0.15, -0.1) is 10.2 Å². The van der Waals surface area contributed by atoms with Crippen LogP contribution in [0.3, 0.4) is 0 Å². The summed E-state index contributed by atoms with van der Waals surface area (Å²) in [7, 11) is 1.81. The van der Waals surface area contributed by atoms with Gasteiger partial charge in [0.25, 0.3) is 0 Å². The van der Waals surface area contributed by atoms with Gasteiger partial charge in [-0.2, -0.15) is 0 Å². The van der Waals surface area contributed by atoms with Gasteiger partial charge in [0.2, 0.25) is 0 Å². The molecule has 6 nitrogen and oxygen atoms in total. The lowest BCUT2D eigenvalue weighted by atomic mass is 10.1. The third-order valence-corrected chi connectivity index (χ3v) is 4.47. The van der Waals surface area contributed by atoms with E-state index in [1.807, 2.05) is 0 Å². The third kappa shape index (κ3) is 3.93. The number of hydrogen-bond donors (Lipinski definition) is 1. The lowest BCUT2D eigenvalue weighted by Crippen LogP contribution is -2.37. The van der Waals surface area contributed by atoms with Crippen molar-refractivity contribution >= 4 is 6.03 Å². The normalized spacial score (nSPS) is 13.9. The molecule has 1 aliphatic heterocycles. The van der Waals surface area contributed by atoms with E-state index in [9.17, 15) is 4.79 Å². The van der Waals surface area contributed by atoms with E-state index < -0.39 is 0 Å². The van der Waals surface area contributed by atoms with Gasteiger partial charge in [0.1, 0.15) is 5.82 Å². The highest BCUT2D eigenvalue weighted by Crippen LogP contribution is 2.14. The first kappa shape index (κ1) is 16.5. The van der Waals surface area contributed by atoms with Crippen molar-refractivity contribution in [3.63, 3.8) is 0 Å². The molecule has 6 heteroatoms. The van der Waals surface area contributed by atoms with Gasteiger partial charge in [-0.3, -0.25) is 0 Å². The maximum Gasteiger partial charge on any atom is 0.317 e. The van der Waals surface area contributed by atoms with Crippen molar-refractivity contribution in [2.24, 2.45) is 0 Å². The Bertz CT molecular complexity index is 692. The fraction of sp³-hybridized carbons (Fsp3) is 0.500. The molecule has 0 fully saturated rings. The number of amides is 2. The Balaban J connectivity index is 1.55. The van der Waals surface area contributed by atoms with Crippen LogP contribution in [0.5, 0.6) is 0 Å². The number of benzene rings is 1. The van der Waals surface area contributed by atoms with Crippen LogP contribution >= 0.6 is 0 Å². The van der Waals surface area contributed by atoms with Crippen molar-refractivity contribution < 1.29 is 4.79 Å². The van der Waals surface area contributed by atoms with Gasteiger partial charge in [-0.1, -0.05) is 36.2 Å². The van der Waals surface area contributed by atoms with Crippen molar-refractivity contribution in [1.82, 2.24) is 25.0 Å². The zero-order chi connectivity index (χ0) is 16.9. The molecule has 0 unspecified atom stereocenters. The monoisotopic (exact) mass is 327 g/mol. The number of nitrogens with one attached hydrogen (secondary N) is 1. The molecule has 0 bridgehead atoms. The molecule has 1 aromatic carbocycles. The van der Waals surface area contributed by atoms with Crippen molar-refractivity contribution in [3.8, 4) is 0 Å². The SMILES string of the molecule is Cc1ccc(CN(C)C(=O)NCc2nnc3n2CCCCC3)cc1. The van der Waals surface area contributed by atoms with Crippen LogP contribution < -0.4 is 5.32 Å². The molecular weight excluding hydrogens is 302 g/mol. The van der Waals surface area contributed by atoms with E-state index >= 15 is 0 Å². The summed E-state index contributed by atoms with van der Waals surface area (Å²) in [6.07, 6.45) is 4.53. The highest BCUT2D eigenvalue weighted by molar-refractivity contribution is 5.73. The van der Waals surface area contributed by atoms with Crippen molar-refractivity contribution in [3.05, 3.63) is 47.0 Å². The van der Waals surface area contributed by atoms with E-state index in [4.69, 9.17) is 0 Å². The topological polar surface area (TPSA) is 63.1 Å². The minimum Gasteiger partial charge on any atom is -0.331 e. The molecule has 0 saturated heterocycles. The lowest BCUT2D eigenvalue weighted by molar-refractivity contribution is 0.206. The summed E-state index contributed by atoms with van der Waals surface area (Å²) in [6, 6.07) is 8.13. The maximum atomic E-state index is 12.3. The first-order valence-corrected chi connectivity index (χ1v) is 8.59. The number of carbonyl (C=O) groups excluding carboxylic acids is 1. The molecule has 3 rings (SSSR count). The molecule has 2 aromatic rings. The third-order valence-electron chi connectivity index (χ3n) is 4.47. The van der Waals surface area contributed by atoms with Gasteiger partial charge in [-0.05, 0) is 25.3 Å². The van der Waals surface area contributed by atoms with Crippen LogP contribution in [0.1, 0.15) is 42.0 Å². The summed E-state index contributed by atoms with van der Waals surface area (Å²) in [4.78, 5) is 14.0. The Morgan fingerprint density at radius 2 is 2.00 bits per heavy atom. The minimum absolute atomic E-state index is 0.0958. The van der Waals surface area contributed by atoms with Crippen LogP contribution in [-0.4, -0.2) is 32.7 Å². The molecule has 2 amide bonds. The average molecular weight is 327 g/mol. The molecule has 128 valence electrons. The minimum atomic E-state index is -0.0958. The van der Waals surface area contributed by atoms with Gasteiger partial charge < -0.3 is 14.8 Å². The number of urea groups is 1. The summed E-state index contributed by atoms with van der Waals surface area (Å²) in [5.41, 5.74) is 2.34. The Kier molecular flexibility index (Phi) is 5.13. The maximum absolute atomic E-state index is 12.3. The van der Waals surface area contributed by atoms with E-state index in [1.54, 1.807) is 11.9 Å². The summed E-state index contributed by atoms with van der Waals surface area (Å²) >= 11 is 0. The summed E-state index contributed by atoms with van der Waals surface area (Å²) < 4.78 is 2.16. The standard InChI is InChI=1S/C18H25N5O/c1-14-7-9-15(10-8-14)13-22(2)18(24)19-12-17-21-20-16-6-4-3-5-11-23(16)17/h7-10H,3-6,11-13H2,1-2H3,(H,19,24). The molecule has 0 aliphatic carbocycles. The Labute approximate surface area is 142 Å². The largest absolute Gasteiger partial charge is 0.331 e. The summed E-state index contributed by atoms with van der Waals surface area (Å²) in [5, 5.41) is 11.5. The molecule has 0 spiro atoms. The van der Waals surface area contributed by atoms with E-state index in [0.29, 0.717) is 13.1 Å². The number of aryl methyl sites for hydroxylation is 2. The Morgan fingerprint density at radius 1 is 1.21 bits per heavy atom. The highest BCUT2D eigenvalue weighted by Gasteiger charge is 2.16. The molecule has 1 aliphatic rings. The number of aromatic nitrogens is 3. The van der Waals surface area contributed by atoms with Gasteiger partial charge >= 0.3 is 6.03 Å². The predicted molar refractivity (Wildman–Crippen MR) is 92.5 cm³/mol. The van der Waals surface area contributed by atoms with E-state index in [-0.39, 0.29) is 6.03 Å². The zero-order valence-corrected chi connectivity index (χ0v) is 14.5. The van der Waals surface area contributed by atoms with Crippen LogP contribution in [0.4, 0.5) is 4.79 Å².